The van der Waals surface area contributed by atoms with Crippen molar-refractivity contribution >= 4 is 5.97 Å². The first-order valence-corrected chi connectivity index (χ1v) is 9.21. The van der Waals surface area contributed by atoms with Crippen molar-refractivity contribution in [1.82, 2.24) is 4.90 Å². The van der Waals surface area contributed by atoms with Crippen LogP contribution in [0.4, 0.5) is 0 Å². The number of cyclic esters (lactones) is 1. The minimum absolute atomic E-state index is 0.124. The van der Waals surface area contributed by atoms with Crippen molar-refractivity contribution in [2.24, 2.45) is 0 Å². The monoisotopic (exact) mass is 383 g/mol. The van der Waals surface area contributed by atoms with Gasteiger partial charge in [-0.3, -0.25) is 4.90 Å². The smallest absolute Gasteiger partial charge is 0.343 e. The Bertz CT molecular complexity index is 972. The standard InChI is InChI=1S/C21H21NO6/c1-22-7-6-11-8-15-16(27-10-26-15)9-13(11)18(22)19-12-4-5-14(24-2)20(25-3)17(12)21(23)28-19/h4-5,8-9,18-19H,6-7,10H2,1-3H3/t18?,19-/m1/s1. The number of ether oxygens (including phenoxy) is 5. The molecule has 3 heterocycles. The van der Waals surface area contributed by atoms with E-state index in [1.807, 2.05) is 31.3 Å². The van der Waals surface area contributed by atoms with Gasteiger partial charge in [-0.15, -0.1) is 0 Å². The van der Waals surface area contributed by atoms with Gasteiger partial charge in [0.15, 0.2) is 23.0 Å². The summed E-state index contributed by atoms with van der Waals surface area (Å²) in [4.78, 5) is 15.0. The lowest BCUT2D eigenvalue weighted by molar-refractivity contribution is 0.00935. The van der Waals surface area contributed by atoms with Crippen molar-refractivity contribution in [2.75, 3.05) is 34.6 Å². The number of rotatable bonds is 3. The van der Waals surface area contributed by atoms with Gasteiger partial charge in [-0.2, -0.15) is 0 Å². The molecule has 0 saturated heterocycles. The summed E-state index contributed by atoms with van der Waals surface area (Å²) >= 11 is 0. The highest BCUT2D eigenvalue weighted by Gasteiger charge is 2.44. The molecule has 1 unspecified atom stereocenters. The second-order valence-corrected chi connectivity index (χ2v) is 7.17. The van der Waals surface area contributed by atoms with Crippen LogP contribution in [0.1, 0.15) is 39.2 Å². The van der Waals surface area contributed by atoms with Crippen molar-refractivity contribution in [3.05, 3.63) is 46.5 Å². The number of esters is 1. The number of carbonyl (C=O) groups is 1. The van der Waals surface area contributed by atoms with Crippen molar-refractivity contribution in [2.45, 2.75) is 18.6 Å². The fraction of sp³-hybridized carbons (Fsp3) is 0.381. The molecule has 7 heteroatoms. The molecule has 2 atom stereocenters. The van der Waals surface area contributed by atoms with Gasteiger partial charge in [0.05, 0.1) is 20.3 Å². The molecule has 0 amide bonds. The largest absolute Gasteiger partial charge is 0.493 e. The number of methoxy groups -OCH3 is 2. The lowest BCUT2D eigenvalue weighted by Gasteiger charge is -2.37. The first kappa shape index (κ1) is 17.2. The molecule has 0 saturated carbocycles. The maximum Gasteiger partial charge on any atom is 0.343 e. The van der Waals surface area contributed by atoms with Crippen LogP contribution in [0.15, 0.2) is 24.3 Å². The van der Waals surface area contributed by atoms with Crippen LogP contribution in [-0.4, -0.2) is 45.5 Å². The normalized spacial score (nSPS) is 22.5. The van der Waals surface area contributed by atoms with Crippen LogP contribution >= 0.6 is 0 Å². The lowest BCUT2D eigenvalue weighted by atomic mass is 9.86. The van der Waals surface area contributed by atoms with Crippen LogP contribution in [0.2, 0.25) is 0 Å². The molecule has 0 N–H and O–H groups in total. The predicted molar refractivity (Wildman–Crippen MR) is 99.3 cm³/mol. The topological polar surface area (TPSA) is 66.5 Å². The molecule has 3 aliphatic rings. The summed E-state index contributed by atoms with van der Waals surface area (Å²) < 4.78 is 27.8. The first-order valence-electron chi connectivity index (χ1n) is 9.21. The third kappa shape index (κ3) is 2.36. The molecular weight excluding hydrogens is 362 g/mol. The molecule has 28 heavy (non-hydrogen) atoms. The quantitative estimate of drug-likeness (QED) is 0.755. The Kier molecular flexibility index (Phi) is 3.87. The number of carbonyl (C=O) groups excluding carboxylic acids is 1. The summed E-state index contributed by atoms with van der Waals surface area (Å²) in [5.41, 5.74) is 3.54. The second kappa shape index (κ2) is 6.31. The van der Waals surface area contributed by atoms with Crippen LogP contribution in [-0.2, 0) is 11.2 Å². The highest BCUT2D eigenvalue weighted by molar-refractivity contribution is 5.98. The third-order valence-electron chi connectivity index (χ3n) is 5.77. The highest BCUT2D eigenvalue weighted by atomic mass is 16.7. The zero-order valence-corrected chi connectivity index (χ0v) is 16.0. The molecule has 5 rings (SSSR count). The van der Waals surface area contributed by atoms with Crippen molar-refractivity contribution < 1.29 is 28.5 Å². The number of fused-ring (bicyclic) bond motifs is 3. The Morgan fingerprint density at radius 1 is 1.07 bits per heavy atom. The fourth-order valence-corrected chi connectivity index (χ4v) is 4.42. The van der Waals surface area contributed by atoms with Crippen LogP contribution in [0.25, 0.3) is 0 Å². The first-order chi connectivity index (χ1) is 13.6. The summed E-state index contributed by atoms with van der Waals surface area (Å²) in [6.45, 7) is 1.09. The number of likely N-dealkylation sites (N-methyl/N-ethyl adjacent to an activating group) is 1. The van der Waals surface area contributed by atoms with Crippen molar-refractivity contribution in [3.8, 4) is 23.0 Å². The molecule has 2 aromatic carbocycles. The molecule has 0 aliphatic carbocycles. The van der Waals surface area contributed by atoms with E-state index in [-0.39, 0.29) is 12.8 Å². The lowest BCUT2D eigenvalue weighted by Crippen LogP contribution is -2.36. The van der Waals surface area contributed by atoms with Gasteiger partial charge in [-0.1, -0.05) is 6.07 Å². The number of hydrogen-bond acceptors (Lipinski definition) is 7. The maximum atomic E-state index is 12.8. The molecular formula is C21H21NO6. The minimum Gasteiger partial charge on any atom is -0.493 e. The predicted octanol–water partition coefficient (Wildman–Crippen LogP) is 2.87. The van der Waals surface area contributed by atoms with Gasteiger partial charge < -0.3 is 23.7 Å². The van der Waals surface area contributed by atoms with E-state index >= 15 is 0 Å². The summed E-state index contributed by atoms with van der Waals surface area (Å²) in [5, 5.41) is 0. The number of hydrogen-bond donors (Lipinski definition) is 0. The van der Waals surface area contributed by atoms with Crippen molar-refractivity contribution in [1.29, 1.82) is 0 Å². The molecule has 7 nitrogen and oxygen atoms in total. The summed E-state index contributed by atoms with van der Waals surface area (Å²) in [5.74, 6) is 2.04. The Balaban J connectivity index is 1.63. The highest BCUT2D eigenvalue weighted by Crippen LogP contribution is 2.50. The average Bonchev–Trinajstić information content (AvgIpc) is 3.29. The van der Waals surface area contributed by atoms with Crippen LogP contribution in [0, 0.1) is 0 Å². The van der Waals surface area contributed by atoms with Crippen LogP contribution < -0.4 is 18.9 Å². The van der Waals surface area contributed by atoms with E-state index in [0.717, 1.165) is 35.6 Å². The van der Waals surface area contributed by atoms with E-state index < -0.39 is 12.1 Å². The van der Waals surface area contributed by atoms with Gasteiger partial charge in [-0.25, -0.2) is 4.79 Å². The Morgan fingerprint density at radius 3 is 2.61 bits per heavy atom. The van der Waals surface area contributed by atoms with Gasteiger partial charge in [0.25, 0.3) is 0 Å². The van der Waals surface area contributed by atoms with E-state index in [2.05, 4.69) is 4.90 Å². The minimum atomic E-state index is -0.438. The van der Waals surface area contributed by atoms with Gasteiger partial charge >= 0.3 is 5.97 Å². The van der Waals surface area contributed by atoms with E-state index in [1.165, 1.54) is 12.7 Å². The van der Waals surface area contributed by atoms with Crippen LogP contribution in [0.5, 0.6) is 23.0 Å². The molecule has 0 bridgehead atoms. The SMILES string of the molecule is COc1ccc2c(c1OC)C(=O)O[C@H]2C1c2cc3c(cc2CCN1C)OCO3. The summed E-state index contributed by atoms with van der Waals surface area (Å²) in [6, 6.07) is 7.65. The fourth-order valence-electron chi connectivity index (χ4n) is 4.42. The summed E-state index contributed by atoms with van der Waals surface area (Å²) in [6.07, 6.45) is 0.463. The molecule has 2 aromatic rings. The van der Waals surface area contributed by atoms with E-state index in [1.54, 1.807) is 7.11 Å². The summed E-state index contributed by atoms with van der Waals surface area (Å²) in [7, 11) is 5.13. The maximum absolute atomic E-state index is 12.8. The molecule has 0 radical (unpaired) electrons. The number of benzene rings is 2. The zero-order chi connectivity index (χ0) is 19.4. The van der Waals surface area contributed by atoms with Gasteiger partial charge in [0, 0.05) is 12.1 Å². The third-order valence-corrected chi connectivity index (χ3v) is 5.77. The second-order valence-electron chi connectivity index (χ2n) is 7.17. The Morgan fingerprint density at radius 2 is 1.86 bits per heavy atom. The molecule has 3 aliphatic heterocycles. The molecule has 0 fully saturated rings. The molecule has 0 spiro atoms. The zero-order valence-electron chi connectivity index (χ0n) is 16.0. The molecule has 146 valence electrons. The molecule has 0 aromatic heterocycles. The van der Waals surface area contributed by atoms with Gasteiger partial charge in [0.2, 0.25) is 6.79 Å². The van der Waals surface area contributed by atoms with Gasteiger partial charge in [-0.05, 0) is 42.8 Å². The van der Waals surface area contributed by atoms with E-state index in [9.17, 15) is 4.79 Å². The average molecular weight is 383 g/mol. The number of nitrogens with zero attached hydrogens (tertiary/aromatic N) is 1. The Labute approximate surface area is 162 Å². The Hall–Kier alpha value is -2.93. The van der Waals surface area contributed by atoms with E-state index in [0.29, 0.717) is 17.1 Å². The van der Waals surface area contributed by atoms with Crippen molar-refractivity contribution in [3.63, 3.8) is 0 Å². The van der Waals surface area contributed by atoms with Gasteiger partial charge in [0.1, 0.15) is 11.7 Å². The van der Waals surface area contributed by atoms with Crippen LogP contribution in [0.3, 0.4) is 0 Å². The van der Waals surface area contributed by atoms with E-state index in [4.69, 9.17) is 23.7 Å².